The second kappa shape index (κ2) is 41.5. The highest BCUT2D eigenvalue weighted by Gasteiger charge is 2.30. The van der Waals surface area contributed by atoms with E-state index in [1.54, 1.807) is 52.0 Å². The third kappa shape index (κ3) is 29.2. The number of aromatic amines is 1. The van der Waals surface area contributed by atoms with Crippen LogP contribution in [0.2, 0.25) is 0 Å². The Kier molecular flexibility index (Phi) is 33.5. The third-order valence-corrected chi connectivity index (χ3v) is 18.3. The van der Waals surface area contributed by atoms with Crippen LogP contribution in [0.4, 0.5) is 5.95 Å². The minimum atomic E-state index is -4.83. The number of aliphatic carboxylic acids is 3. The smallest absolute Gasteiger partial charge is 0.494 e. The maximum absolute atomic E-state index is 13.8. The molecule has 0 bridgehead atoms. The van der Waals surface area contributed by atoms with Crippen LogP contribution in [0.15, 0.2) is 82.9 Å². The molecule has 3 aromatic carbocycles. The molecule has 5 aromatic rings. The van der Waals surface area contributed by atoms with E-state index in [2.05, 4.69) is 50.7 Å². The van der Waals surface area contributed by atoms with Crippen molar-refractivity contribution in [1.82, 2.24) is 60.1 Å². The number of aryl methyl sites for hydroxylation is 3. The van der Waals surface area contributed by atoms with Crippen molar-refractivity contribution in [1.29, 1.82) is 0 Å². The van der Waals surface area contributed by atoms with Crippen LogP contribution in [0.3, 0.4) is 0 Å². The number of phosphoric acid groups is 1. The summed E-state index contributed by atoms with van der Waals surface area (Å²) < 4.78 is 69.9. The van der Waals surface area contributed by atoms with Gasteiger partial charge >= 0.3 is 25.7 Å². The van der Waals surface area contributed by atoms with E-state index in [-0.39, 0.29) is 111 Å². The molecule has 34 nitrogen and oxygen atoms in total. The zero-order chi connectivity index (χ0) is 73.5. The van der Waals surface area contributed by atoms with E-state index in [1.165, 1.54) is 56.4 Å². The van der Waals surface area contributed by atoms with E-state index in [1.807, 2.05) is 11.8 Å². The van der Waals surface area contributed by atoms with E-state index < -0.39 is 77.5 Å². The molecule has 0 saturated carbocycles. The molecule has 1 saturated heterocycles. The first kappa shape index (κ1) is 81.5. The van der Waals surface area contributed by atoms with Crippen molar-refractivity contribution in [2.75, 3.05) is 150 Å². The Hall–Kier alpha value is -8.45. The van der Waals surface area contributed by atoms with Gasteiger partial charge < -0.3 is 79.8 Å². The van der Waals surface area contributed by atoms with E-state index in [4.69, 9.17) is 18.9 Å². The first-order valence-electron chi connectivity index (χ1n) is 33.0. The zero-order valence-corrected chi connectivity index (χ0v) is 58.9. The lowest BCUT2D eigenvalue weighted by Crippen LogP contribution is -2.52. The summed E-state index contributed by atoms with van der Waals surface area (Å²) in [6.45, 7) is 10.5. The third-order valence-electron chi connectivity index (χ3n) is 16.0. The number of carboxylic acid groups (broad SMARTS) is 3. The van der Waals surface area contributed by atoms with Gasteiger partial charge in [0.2, 0.25) is 33.2 Å². The highest BCUT2D eigenvalue weighted by Crippen LogP contribution is 2.37. The number of amides is 4. The monoisotopic (exact) mass is 1460 g/mol. The number of fused-ring (bicyclic) bond motifs is 1. The number of carbonyl (C=O) groups excluding carboxylic acids is 4. The number of anilines is 1. The van der Waals surface area contributed by atoms with Gasteiger partial charge in [0.05, 0.1) is 63.1 Å². The Morgan fingerprint density at radius 1 is 0.673 bits per heavy atom. The van der Waals surface area contributed by atoms with Gasteiger partial charge in [-0.1, -0.05) is 25.1 Å². The summed E-state index contributed by atoms with van der Waals surface area (Å²) in [6, 6.07) is 10.9. The number of carboxylic acids is 3. The van der Waals surface area contributed by atoms with Gasteiger partial charge in [0.25, 0.3) is 5.91 Å². The Balaban J connectivity index is 0.831. The Bertz CT molecular complexity index is 3750. The molecule has 101 heavy (non-hydrogen) atoms. The van der Waals surface area contributed by atoms with E-state index in [9.17, 15) is 76.4 Å². The fourth-order valence-corrected chi connectivity index (χ4v) is 12.9. The highest BCUT2D eigenvalue weighted by atomic mass is 32.2. The van der Waals surface area contributed by atoms with Gasteiger partial charge in [-0.2, -0.15) is 4.72 Å². The van der Waals surface area contributed by atoms with Crippen LogP contribution in [0.1, 0.15) is 65.2 Å². The molecule has 12 N–H and O–H groups in total. The van der Waals surface area contributed by atoms with Crippen LogP contribution in [0.5, 0.6) is 11.5 Å². The number of benzene rings is 3. The van der Waals surface area contributed by atoms with Crippen molar-refractivity contribution in [3.8, 4) is 11.5 Å². The Morgan fingerprint density at radius 2 is 1.24 bits per heavy atom. The molecule has 4 amide bonds. The number of nitrogens with one attached hydrogen (secondary N) is 7. The molecule has 556 valence electrons. The van der Waals surface area contributed by atoms with Crippen molar-refractivity contribution in [3.63, 3.8) is 0 Å². The van der Waals surface area contributed by atoms with Gasteiger partial charge in [0, 0.05) is 136 Å². The molecule has 1 fully saturated rings. The second-order valence-electron chi connectivity index (χ2n) is 24.0. The summed E-state index contributed by atoms with van der Waals surface area (Å²) >= 11 is 0. The predicted molar refractivity (Wildman–Crippen MR) is 369 cm³/mol. The number of ether oxygens (including phenoxy) is 4. The summed E-state index contributed by atoms with van der Waals surface area (Å²) in [7, 11) is -7.66. The fraction of sp³-hybridized carbons (Fsp3) is 0.523. The molecule has 2 atom stereocenters. The second-order valence-corrected chi connectivity index (χ2v) is 26.8. The fourth-order valence-electron chi connectivity index (χ4n) is 10.9. The highest BCUT2D eigenvalue weighted by molar-refractivity contribution is 7.89. The molecular weight excluding hydrogens is 1360 g/mol. The first-order chi connectivity index (χ1) is 48.2. The standard InChI is InChI=1S/C65H94N13O21PS/c1-5-75-20-22-76(24-25-78(44-59(83)84)27-26-77(23-21-75)43-58(81)82)42-57(80)72-53(37-47-10-13-49(14-11-47)99-100(90,91)92)63(87)67-17-8-29-96-32-34-97-33-31-95-28-7-16-66-56(79)9-6-30-98-50-35-45(2)61(46(3)36-50)101(93,94)73-54(64(88)89)40-70-62(86)52-41-74(4)55-38-48(12-15-51(55)60(52)85)39-71-65-68-18-19-69-65/h10-15,18-19,35-36,38,41,53-54,73H,5-9,16-17,20-34,37,39-40,42-44H2,1-4H3,(H,66,79)(H,67,87)(H,70,86)(H,72,80)(H,81,82)(H,83,84)(H,88,89)(H2,68,69,71)(H2,90,91,92)/t53-,54+/m1/s1. The summed E-state index contributed by atoms with van der Waals surface area (Å²) in [6.07, 6.45) is 6.08. The normalized spacial score (nSPS) is 14.6. The average molecular weight is 1460 g/mol. The number of phosphoric ester groups is 1. The molecule has 36 heteroatoms. The van der Waals surface area contributed by atoms with Crippen molar-refractivity contribution in [3.05, 3.63) is 111 Å². The Morgan fingerprint density at radius 3 is 1.79 bits per heavy atom. The van der Waals surface area contributed by atoms with E-state index in [0.717, 1.165) is 5.56 Å². The number of nitrogens with zero attached hydrogens (tertiary/aromatic N) is 6. The van der Waals surface area contributed by atoms with Crippen molar-refractivity contribution in [2.45, 2.75) is 76.4 Å². The van der Waals surface area contributed by atoms with Gasteiger partial charge in [-0.3, -0.25) is 62.8 Å². The number of aromatic nitrogens is 3. The lowest BCUT2D eigenvalue weighted by atomic mass is 10.0. The van der Waals surface area contributed by atoms with Crippen LogP contribution < -0.4 is 46.0 Å². The SMILES string of the molecule is CCN1CCN(CC(=O)O)CCN(CC(=O)O)CCN(CC(=O)N[C@H](Cc2ccc(OP(=O)(O)O)cc2)C(=O)NCCCOCCOCCOCCCNC(=O)CCCOc2cc(C)c(S(=O)(=O)N[C@@H](CNC(=O)c3cn(C)c4cc(CNc5ncc[nH]5)ccc4c3=O)C(=O)O)c(C)c2)CC1. The molecule has 1 aliphatic heterocycles. The number of likely N-dealkylation sites (N-methyl/N-ethyl adjacent to an activating group) is 1. The number of carbonyl (C=O) groups is 7. The van der Waals surface area contributed by atoms with E-state index in [0.29, 0.717) is 127 Å². The van der Waals surface area contributed by atoms with Crippen molar-refractivity contribution >= 4 is 76.2 Å². The van der Waals surface area contributed by atoms with Gasteiger partial charge in [0.15, 0.2) is 5.95 Å². The zero-order valence-electron chi connectivity index (χ0n) is 57.2. The van der Waals surface area contributed by atoms with Gasteiger partial charge in [-0.25, -0.2) is 18.0 Å². The van der Waals surface area contributed by atoms with Crippen LogP contribution in [0, 0.1) is 13.8 Å². The van der Waals surface area contributed by atoms with Crippen LogP contribution >= 0.6 is 7.82 Å². The molecule has 2 aromatic heterocycles. The Labute approximate surface area is 585 Å². The number of rotatable bonds is 42. The summed E-state index contributed by atoms with van der Waals surface area (Å²) in [5, 5.41) is 43.4. The molecule has 6 rings (SSSR count). The summed E-state index contributed by atoms with van der Waals surface area (Å²) in [5.41, 5.74) is 1.58. The number of sulfonamides is 1. The van der Waals surface area contributed by atoms with E-state index >= 15 is 0 Å². The topological polar surface area (TPSA) is 454 Å². The van der Waals surface area contributed by atoms with Crippen LogP contribution in [-0.2, 0) is 77.6 Å². The predicted octanol–water partition coefficient (Wildman–Crippen LogP) is 0.483. The molecule has 3 heterocycles. The first-order valence-corrected chi connectivity index (χ1v) is 36.0. The van der Waals surface area contributed by atoms with Gasteiger partial charge in [-0.15, -0.1) is 0 Å². The molecule has 0 radical (unpaired) electrons. The summed E-state index contributed by atoms with van der Waals surface area (Å²) in [5.74, 6) is -4.85. The maximum atomic E-state index is 13.8. The van der Waals surface area contributed by atoms with Gasteiger partial charge in [-0.05, 0) is 98.3 Å². The van der Waals surface area contributed by atoms with Crippen molar-refractivity contribution in [2.24, 2.45) is 7.05 Å². The van der Waals surface area contributed by atoms with Crippen molar-refractivity contribution < 1.29 is 95.1 Å². The lowest BCUT2D eigenvalue weighted by molar-refractivity contribution is -0.140. The number of pyridine rings is 1. The lowest BCUT2D eigenvalue weighted by Gasteiger charge is -2.33. The van der Waals surface area contributed by atoms with Crippen LogP contribution in [-0.4, -0.2) is 266 Å². The minimum absolute atomic E-state index is 0.0137. The van der Waals surface area contributed by atoms with Gasteiger partial charge in [0.1, 0.15) is 29.1 Å². The number of hydrogen-bond donors (Lipinski definition) is 12. The molecule has 0 aliphatic carbocycles. The quantitative estimate of drug-likeness (QED) is 0.0187. The molecule has 0 unspecified atom stereocenters. The number of hydrogen-bond acceptors (Lipinski definition) is 22. The molecule has 0 spiro atoms. The average Bonchev–Trinajstić information content (AvgIpc) is 1.03. The largest absolute Gasteiger partial charge is 0.524 e. The minimum Gasteiger partial charge on any atom is -0.494 e. The maximum Gasteiger partial charge on any atom is 0.524 e. The molecular formula is C65H94N13O21PS. The van der Waals surface area contributed by atoms with Crippen LogP contribution in [0.25, 0.3) is 10.9 Å². The number of imidazole rings is 1. The molecule has 1 aliphatic rings. The number of H-pyrrole nitrogens is 1. The summed E-state index contributed by atoms with van der Waals surface area (Å²) in [4.78, 5) is 135.